The third-order valence-corrected chi connectivity index (χ3v) is 10.9. The average molecular weight is 895 g/mol. The lowest BCUT2D eigenvalue weighted by atomic mass is 10.1. The quantitative estimate of drug-likeness (QED) is 0.0273. The molecule has 0 spiro atoms. The molecule has 0 aliphatic carbocycles. The summed E-state index contributed by atoms with van der Waals surface area (Å²) in [4.78, 5) is 25.2. The minimum absolute atomic E-state index is 0.0107. The topological polar surface area (TPSA) is 108 Å². The Morgan fingerprint density at radius 1 is 0.571 bits per heavy atom. The Balaban J connectivity index is 4.07. The molecule has 0 aliphatic heterocycles. The van der Waals surface area contributed by atoms with Gasteiger partial charge in [0, 0.05) is 6.42 Å². The second-order valence-electron chi connectivity index (χ2n) is 17.1. The Kier molecular flexibility index (Phi) is 41.9. The van der Waals surface area contributed by atoms with Crippen molar-refractivity contribution in [3.05, 3.63) is 122 Å². The number of nitrogens with one attached hydrogen (secondary N) is 1. The monoisotopic (exact) mass is 895 g/mol. The maximum atomic E-state index is 12.8. The van der Waals surface area contributed by atoms with Crippen molar-refractivity contribution in [2.24, 2.45) is 0 Å². The molecule has 0 saturated carbocycles. The molecule has 2 N–H and O–H groups in total. The number of phosphoric ester groups is 1. The molecule has 0 aromatic rings. The SMILES string of the molecule is CC/C=C\C/C=C\C/C=C\C/C=C\C/C=C\C/C=C\C/C=C\C/C=C\C/C=C\CCCCCCCCCC(=O)NC(COP(=O)([O-])OCC[N+](C)(C)C)C(O)/C=C/CCCCCC. The summed E-state index contributed by atoms with van der Waals surface area (Å²) >= 11 is 0. The van der Waals surface area contributed by atoms with Gasteiger partial charge in [-0.15, -0.1) is 0 Å². The molecule has 0 aromatic carbocycles. The van der Waals surface area contributed by atoms with Crippen LogP contribution in [0.25, 0.3) is 0 Å². The lowest BCUT2D eigenvalue weighted by Gasteiger charge is -2.29. The molecular weight excluding hydrogens is 804 g/mol. The number of unbranched alkanes of at least 4 members (excludes halogenated alkanes) is 11. The van der Waals surface area contributed by atoms with E-state index in [1.165, 1.54) is 25.7 Å². The Bertz CT molecular complexity index is 1430. The number of likely N-dealkylation sites (N-methyl/N-ethyl adjacent to an activating group) is 1. The van der Waals surface area contributed by atoms with Crippen LogP contribution in [0.4, 0.5) is 0 Å². The number of carbonyl (C=O) groups excluding carboxylic acids is 1. The number of nitrogens with zero attached hydrogens (tertiary/aromatic N) is 1. The van der Waals surface area contributed by atoms with Crippen LogP contribution >= 0.6 is 7.82 Å². The number of hydrogen-bond acceptors (Lipinski definition) is 6. The number of quaternary nitrogens is 1. The molecule has 1 amide bonds. The van der Waals surface area contributed by atoms with Gasteiger partial charge in [0.2, 0.25) is 5.91 Å². The van der Waals surface area contributed by atoms with E-state index >= 15 is 0 Å². The van der Waals surface area contributed by atoms with E-state index in [-0.39, 0.29) is 12.5 Å². The largest absolute Gasteiger partial charge is 0.756 e. The Labute approximate surface area is 386 Å². The van der Waals surface area contributed by atoms with Crippen molar-refractivity contribution in [2.45, 2.75) is 174 Å². The number of aliphatic hydroxyl groups is 1. The molecule has 358 valence electrons. The molecular formula is C54H91N2O6P. The maximum absolute atomic E-state index is 12.8. The predicted octanol–water partition coefficient (Wildman–Crippen LogP) is 13.6. The highest BCUT2D eigenvalue weighted by atomic mass is 31.2. The zero-order valence-electron chi connectivity index (χ0n) is 40.5. The number of amides is 1. The van der Waals surface area contributed by atoms with Gasteiger partial charge in [0.15, 0.2) is 0 Å². The fourth-order valence-electron chi connectivity index (χ4n) is 6.08. The van der Waals surface area contributed by atoms with Crippen LogP contribution < -0.4 is 10.2 Å². The van der Waals surface area contributed by atoms with Crippen LogP contribution in [0.1, 0.15) is 162 Å². The fraction of sp³-hybridized carbons (Fsp3) is 0.611. The molecule has 0 heterocycles. The molecule has 0 aliphatic rings. The molecule has 3 unspecified atom stereocenters. The fourth-order valence-corrected chi connectivity index (χ4v) is 6.81. The van der Waals surface area contributed by atoms with Crippen molar-refractivity contribution in [2.75, 3.05) is 40.9 Å². The minimum atomic E-state index is -4.59. The number of allylic oxidation sites excluding steroid dienone is 19. The molecule has 0 rings (SSSR count). The van der Waals surface area contributed by atoms with Crippen molar-refractivity contribution < 1.29 is 32.9 Å². The lowest BCUT2D eigenvalue weighted by molar-refractivity contribution is -0.870. The zero-order chi connectivity index (χ0) is 46.4. The standard InChI is InChI=1S/C54H91N2O6P/c1-6-8-10-12-14-15-16-17-18-19-20-21-22-23-24-25-26-27-28-29-30-31-32-33-34-35-36-37-38-39-40-41-42-44-46-48-54(58)55-52(53(57)47-45-43-13-11-9-7-2)51-62-63(59,60)61-50-49-56(3,4)5/h8,10,14-15,17-18,20-21,23-24,26-27,29-30,32-33,35-36,45,47,52-53,57H,6-7,9,11-13,16,19,22,25,28,31,34,37-44,46,48-51H2,1-5H3,(H-,55,58,59,60)/b10-8-,15-14-,18-17-,21-20-,24-23-,27-26-,30-29-,33-32-,36-35-,47-45+. The highest BCUT2D eigenvalue weighted by molar-refractivity contribution is 7.45. The third kappa shape index (κ3) is 46.7. The third-order valence-electron chi connectivity index (χ3n) is 9.93. The van der Waals surface area contributed by atoms with Gasteiger partial charge in [-0.05, 0) is 89.9 Å². The second kappa shape index (κ2) is 44.1. The highest BCUT2D eigenvalue weighted by Crippen LogP contribution is 2.38. The minimum Gasteiger partial charge on any atom is -0.756 e. The summed E-state index contributed by atoms with van der Waals surface area (Å²) in [7, 11) is 1.23. The smallest absolute Gasteiger partial charge is 0.268 e. The first kappa shape index (κ1) is 59.9. The van der Waals surface area contributed by atoms with E-state index in [1.807, 2.05) is 27.2 Å². The first-order valence-corrected chi connectivity index (χ1v) is 25.9. The van der Waals surface area contributed by atoms with Crippen LogP contribution in [0.3, 0.4) is 0 Å². The van der Waals surface area contributed by atoms with Crippen molar-refractivity contribution in [1.82, 2.24) is 5.32 Å². The van der Waals surface area contributed by atoms with Gasteiger partial charge >= 0.3 is 0 Å². The number of phosphoric acid groups is 1. The molecule has 3 atom stereocenters. The van der Waals surface area contributed by atoms with Gasteiger partial charge in [0.05, 0.1) is 39.9 Å². The van der Waals surface area contributed by atoms with Gasteiger partial charge in [0.25, 0.3) is 7.82 Å². The van der Waals surface area contributed by atoms with E-state index in [1.54, 1.807) is 6.08 Å². The first-order valence-electron chi connectivity index (χ1n) is 24.4. The summed E-state index contributed by atoms with van der Waals surface area (Å²) in [5, 5.41) is 13.6. The van der Waals surface area contributed by atoms with Crippen LogP contribution in [0.15, 0.2) is 122 Å². The summed E-state index contributed by atoms with van der Waals surface area (Å²) in [6.45, 7) is 4.40. The van der Waals surface area contributed by atoms with Crippen LogP contribution in [0.5, 0.6) is 0 Å². The highest BCUT2D eigenvalue weighted by Gasteiger charge is 2.23. The number of aliphatic hydroxyl groups excluding tert-OH is 1. The maximum Gasteiger partial charge on any atom is 0.268 e. The van der Waals surface area contributed by atoms with E-state index in [9.17, 15) is 19.4 Å². The molecule has 0 radical (unpaired) electrons. The van der Waals surface area contributed by atoms with Gasteiger partial charge in [-0.2, -0.15) is 0 Å². The molecule has 63 heavy (non-hydrogen) atoms. The predicted molar refractivity (Wildman–Crippen MR) is 269 cm³/mol. The van der Waals surface area contributed by atoms with E-state index in [4.69, 9.17) is 9.05 Å². The van der Waals surface area contributed by atoms with Crippen molar-refractivity contribution >= 4 is 13.7 Å². The molecule has 0 saturated heterocycles. The van der Waals surface area contributed by atoms with Crippen LogP contribution in [-0.2, 0) is 18.4 Å². The molecule has 0 bridgehead atoms. The Morgan fingerprint density at radius 2 is 0.968 bits per heavy atom. The summed E-state index contributed by atoms with van der Waals surface area (Å²) < 4.78 is 23.0. The molecule has 9 heteroatoms. The van der Waals surface area contributed by atoms with E-state index in [0.29, 0.717) is 17.4 Å². The molecule has 0 fully saturated rings. The molecule has 8 nitrogen and oxygen atoms in total. The van der Waals surface area contributed by atoms with Crippen LogP contribution in [-0.4, -0.2) is 68.5 Å². The summed E-state index contributed by atoms with van der Waals surface area (Å²) in [5.74, 6) is -0.222. The van der Waals surface area contributed by atoms with Gasteiger partial charge < -0.3 is 28.8 Å². The summed E-state index contributed by atoms with van der Waals surface area (Å²) in [6.07, 6.45) is 65.8. The van der Waals surface area contributed by atoms with E-state index in [2.05, 4.69) is 129 Å². The van der Waals surface area contributed by atoms with Crippen molar-refractivity contribution in [3.8, 4) is 0 Å². The number of carbonyl (C=O) groups is 1. The Hall–Kier alpha value is -3.10. The lowest BCUT2D eigenvalue weighted by Crippen LogP contribution is -2.45. The van der Waals surface area contributed by atoms with Gasteiger partial charge in [-0.25, -0.2) is 0 Å². The van der Waals surface area contributed by atoms with Gasteiger partial charge in [-0.1, -0.05) is 187 Å². The number of rotatable bonds is 42. The number of hydrogen-bond donors (Lipinski definition) is 2. The zero-order valence-corrected chi connectivity index (χ0v) is 41.4. The molecule has 0 aromatic heterocycles. The van der Waals surface area contributed by atoms with Crippen molar-refractivity contribution in [1.29, 1.82) is 0 Å². The first-order chi connectivity index (χ1) is 30.5. The Morgan fingerprint density at radius 3 is 1.41 bits per heavy atom. The van der Waals surface area contributed by atoms with E-state index < -0.39 is 26.6 Å². The van der Waals surface area contributed by atoms with Gasteiger partial charge in [0.1, 0.15) is 13.2 Å². The van der Waals surface area contributed by atoms with Gasteiger partial charge in [-0.3, -0.25) is 9.36 Å². The van der Waals surface area contributed by atoms with Crippen LogP contribution in [0.2, 0.25) is 0 Å². The summed E-state index contributed by atoms with van der Waals surface area (Å²) in [5.41, 5.74) is 0. The normalized spacial score (nSPS) is 15.2. The van der Waals surface area contributed by atoms with Crippen LogP contribution in [0, 0.1) is 0 Å². The second-order valence-corrected chi connectivity index (χ2v) is 18.5. The average Bonchev–Trinajstić information content (AvgIpc) is 3.24. The van der Waals surface area contributed by atoms with E-state index in [0.717, 1.165) is 116 Å². The summed E-state index contributed by atoms with van der Waals surface area (Å²) in [6, 6.07) is -0.897. The van der Waals surface area contributed by atoms with Crippen molar-refractivity contribution in [3.63, 3.8) is 0 Å².